The Morgan fingerprint density at radius 2 is 2.14 bits per heavy atom. The number of hydrogen-bond acceptors (Lipinski definition) is 2. The van der Waals surface area contributed by atoms with Gasteiger partial charge in [-0.25, -0.2) is 0 Å². The summed E-state index contributed by atoms with van der Waals surface area (Å²) in [5.74, 6) is 0. The van der Waals surface area contributed by atoms with Crippen molar-refractivity contribution in [3.05, 3.63) is 18.0 Å². The van der Waals surface area contributed by atoms with Crippen LogP contribution in [0.4, 0.5) is 0 Å². The van der Waals surface area contributed by atoms with Crippen LogP contribution in [0.5, 0.6) is 0 Å². The molecule has 3 nitrogen and oxygen atoms in total. The first-order valence-electron chi connectivity index (χ1n) is 5.11. The molecule has 0 aliphatic rings. The van der Waals surface area contributed by atoms with E-state index in [1.807, 2.05) is 30.9 Å². The van der Waals surface area contributed by atoms with Crippen LogP contribution in [-0.4, -0.2) is 22.9 Å². The van der Waals surface area contributed by atoms with Crippen molar-refractivity contribution in [3.63, 3.8) is 0 Å². The smallest absolute Gasteiger partial charge is 0.0593 e. The summed E-state index contributed by atoms with van der Waals surface area (Å²) >= 11 is 0. The highest BCUT2D eigenvalue weighted by molar-refractivity contribution is 4.95. The van der Waals surface area contributed by atoms with E-state index in [2.05, 4.69) is 31.2 Å². The molecule has 0 aromatic carbocycles. The molecule has 3 heteroatoms. The number of likely N-dealkylation sites (N-methyl/N-ethyl adjacent to an activating group) is 1. The third-order valence-electron chi connectivity index (χ3n) is 2.54. The third-order valence-corrected chi connectivity index (χ3v) is 2.54. The summed E-state index contributed by atoms with van der Waals surface area (Å²) in [7, 11) is 2.01. The molecule has 1 heterocycles. The van der Waals surface area contributed by atoms with Crippen molar-refractivity contribution in [2.24, 2.45) is 5.41 Å². The van der Waals surface area contributed by atoms with Crippen LogP contribution in [0.25, 0.3) is 0 Å². The predicted octanol–water partition coefficient (Wildman–Crippen LogP) is 1.83. The van der Waals surface area contributed by atoms with Gasteiger partial charge in [-0.05, 0) is 25.5 Å². The van der Waals surface area contributed by atoms with Crippen molar-refractivity contribution < 1.29 is 0 Å². The molecule has 1 aromatic heterocycles. The van der Waals surface area contributed by atoms with Gasteiger partial charge >= 0.3 is 0 Å². The number of aryl methyl sites for hydroxylation is 1. The molecule has 0 bridgehead atoms. The van der Waals surface area contributed by atoms with Crippen LogP contribution in [0.2, 0.25) is 0 Å². The minimum Gasteiger partial charge on any atom is -0.315 e. The summed E-state index contributed by atoms with van der Waals surface area (Å²) < 4.78 is 2.00. The normalized spacial score (nSPS) is 14.4. The second-order valence-electron chi connectivity index (χ2n) is 4.89. The summed E-state index contributed by atoms with van der Waals surface area (Å²) in [6.07, 6.45) is 2.03. The molecule has 1 unspecified atom stereocenters. The predicted molar refractivity (Wildman–Crippen MR) is 59.3 cm³/mol. The zero-order valence-corrected chi connectivity index (χ0v) is 9.83. The molecular formula is C11H21N3. The second-order valence-corrected chi connectivity index (χ2v) is 4.89. The van der Waals surface area contributed by atoms with Crippen molar-refractivity contribution in [2.45, 2.75) is 40.3 Å². The van der Waals surface area contributed by atoms with Gasteiger partial charge in [-0.15, -0.1) is 0 Å². The van der Waals surface area contributed by atoms with Crippen molar-refractivity contribution in [1.29, 1.82) is 0 Å². The van der Waals surface area contributed by atoms with Gasteiger partial charge in [-0.3, -0.25) is 4.68 Å². The highest BCUT2D eigenvalue weighted by Gasteiger charge is 2.23. The molecule has 0 spiro atoms. The van der Waals surface area contributed by atoms with Gasteiger partial charge in [-0.2, -0.15) is 5.10 Å². The quantitative estimate of drug-likeness (QED) is 0.797. The molecule has 1 atom stereocenters. The fourth-order valence-electron chi connectivity index (χ4n) is 1.55. The van der Waals surface area contributed by atoms with Gasteiger partial charge in [0, 0.05) is 12.2 Å². The Bertz CT molecular complexity index is 283. The molecule has 0 aliphatic carbocycles. The molecule has 0 radical (unpaired) electrons. The van der Waals surface area contributed by atoms with E-state index < -0.39 is 0 Å². The molecular weight excluding hydrogens is 174 g/mol. The molecule has 1 aromatic rings. The largest absolute Gasteiger partial charge is 0.315 e. The van der Waals surface area contributed by atoms with Crippen LogP contribution in [0.15, 0.2) is 12.3 Å². The number of aromatic nitrogens is 2. The van der Waals surface area contributed by atoms with Gasteiger partial charge in [0.15, 0.2) is 0 Å². The minimum absolute atomic E-state index is 0.259. The van der Waals surface area contributed by atoms with E-state index in [1.165, 1.54) is 0 Å². The van der Waals surface area contributed by atoms with E-state index in [0.717, 1.165) is 12.2 Å². The van der Waals surface area contributed by atoms with Gasteiger partial charge < -0.3 is 5.32 Å². The van der Waals surface area contributed by atoms with Crippen molar-refractivity contribution in [1.82, 2.24) is 15.1 Å². The monoisotopic (exact) mass is 195 g/mol. The maximum absolute atomic E-state index is 4.39. The molecule has 0 saturated heterocycles. The summed E-state index contributed by atoms with van der Waals surface area (Å²) in [5, 5.41) is 7.73. The number of nitrogens with zero attached hydrogens (tertiary/aromatic N) is 2. The lowest BCUT2D eigenvalue weighted by Crippen LogP contribution is -2.41. The first-order valence-corrected chi connectivity index (χ1v) is 5.11. The first kappa shape index (κ1) is 11.2. The minimum atomic E-state index is 0.259. The van der Waals surface area contributed by atoms with Crippen LogP contribution >= 0.6 is 0 Å². The Morgan fingerprint density at radius 1 is 1.50 bits per heavy atom. The average molecular weight is 195 g/mol. The zero-order valence-electron chi connectivity index (χ0n) is 9.83. The maximum atomic E-state index is 4.39. The highest BCUT2D eigenvalue weighted by atomic mass is 15.3. The summed E-state index contributed by atoms with van der Waals surface area (Å²) in [5.41, 5.74) is 1.34. The molecule has 0 saturated carbocycles. The standard InChI is InChI=1S/C11H21N3/c1-9-6-7-14(13-9)8-10(12-5)11(2,3)4/h6-7,10,12H,8H2,1-5H3. The summed E-state index contributed by atoms with van der Waals surface area (Å²) in [6.45, 7) is 9.66. The number of nitrogens with one attached hydrogen (secondary N) is 1. The molecule has 80 valence electrons. The summed E-state index contributed by atoms with van der Waals surface area (Å²) in [4.78, 5) is 0. The Balaban J connectivity index is 2.66. The number of rotatable bonds is 3. The van der Waals surface area contributed by atoms with Crippen LogP contribution in [0.1, 0.15) is 26.5 Å². The zero-order chi connectivity index (χ0) is 10.8. The van der Waals surface area contributed by atoms with E-state index in [9.17, 15) is 0 Å². The summed E-state index contributed by atoms with van der Waals surface area (Å²) in [6, 6.07) is 2.48. The van der Waals surface area contributed by atoms with Crippen molar-refractivity contribution in [3.8, 4) is 0 Å². The fourth-order valence-corrected chi connectivity index (χ4v) is 1.55. The maximum Gasteiger partial charge on any atom is 0.0593 e. The third kappa shape index (κ3) is 2.84. The molecule has 1 N–H and O–H groups in total. The lowest BCUT2D eigenvalue weighted by molar-refractivity contribution is 0.247. The first-order chi connectivity index (χ1) is 6.43. The van der Waals surface area contributed by atoms with Gasteiger partial charge in [0.2, 0.25) is 0 Å². The fraction of sp³-hybridized carbons (Fsp3) is 0.727. The van der Waals surface area contributed by atoms with Crippen molar-refractivity contribution >= 4 is 0 Å². The van der Waals surface area contributed by atoms with E-state index in [1.54, 1.807) is 0 Å². The SMILES string of the molecule is CNC(Cn1ccc(C)n1)C(C)(C)C. The van der Waals surface area contributed by atoms with E-state index in [4.69, 9.17) is 0 Å². The van der Waals surface area contributed by atoms with Gasteiger partial charge in [0.25, 0.3) is 0 Å². The molecule has 0 amide bonds. The molecule has 1 rings (SSSR count). The Morgan fingerprint density at radius 3 is 2.50 bits per heavy atom. The second kappa shape index (κ2) is 4.13. The molecule has 0 fully saturated rings. The van der Waals surface area contributed by atoms with Crippen LogP contribution in [0, 0.1) is 12.3 Å². The van der Waals surface area contributed by atoms with E-state index in [0.29, 0.717) is 6.04 Å². The van der Waals surface area contributed by atoms with Gasteiger partial charge in [0.1, 0.15) is 0 Å². The molecule has 0 aliphatic heterocycles. The van der Waals surface area contributed by atoms with Gasteiger partial charge in [-0.1, -0.05) is 20.8 Å². The lowest BCUT2D eigenvalue weighted by atomic mass is 9.87. The topological polar surface area (TPSA) is 29.9 Å². The average Bonchev–Trinajstić information content (AvgIpc) is 2.45. The lowest BCUT2D eigenvalue weighted by Gasteiger charge is -2.30. The highest BCUT2D eigenvalue weighted by Crippen LogP contribution is 2.20. The van der Waals surface area contributed by atoms with Crippen LogP contribution in [-0.2, 0) is 6.54 Å². The van der Waals surface area contributed by atoms with Crippen LogP contribution in [0.3, 0.4) is 0 Å². The van der Waals surface area contributed by atoms with Crippen LogP contribution < -0.4 is 5.32 Å². The van der Waals surface area contributed by atoms with Crippen molar-refractivity contribution in [2.75, 3.05) is 7.05 Å². The Labute approximate surface area is 86.5 Å². The van der Waals surface area contributed by atoms with E-state index >= 15 is 0 Å². The van der Waals surface area contributed by atoms with E-state index in [-0.39, 0.29) is 5.41 Å². The Hall–Kier alpha value is -0.830. The number of hydrogen-bond donors (Lipinski definition) is 1. The van der Waals surface area contributed by atoms with Gasteiger partial charge in [0.05, 0.1) is 12.2 Å². The Kier molecular flexibility index (Phi) is 3.32. The molecule has 14 heavy (non-hydrogen) atoms.